The minimum atomic E-state index is -0.506. The van der Waals surface area contributed by atoms with Crippen molar-refractivity contribution in [3.05, 3.63) is 17.8 Å². The second-order valence-corrected chi connectivity index (χ2v) is 4.55. The van der Waals surface area contributed by atoms with E-state index in [0.717, 1.165) is 12.8 Å². The first kappa shape index (κ1) is 14.2. The number of hydrogen-bond donors (Lipinski definition) is 0. The van der Waals surface area contributed by atoms with Crippen LogP contribution in [-0.2, 0) is 14.3 Å². The average molecular weight is 279 g/mol. The summed E-state index contributed by atoms with van der Waals surface area (Å²) in [5.41, 5.74) is 0.181. The number of carbonyl (C=O) groups is 2. The quantitative estimate of drug-likeness (QED) is 0.751. The van der Waals surface area contributed by atoms with Crippen molar-refractivity contribution in [2.75, 3.05) is 32.2 Å². The SMILES string of the molecule is COC(=O)c1ccc(N2CCC(C(=O)OC)CC2)nn1. The fourth-order valence-corrected chi connectivity index (χ4v) is 2.22. The van der Waals surface area contributed by atoms with E-state index >= 15 is 0 Å². The van der Waals surface area contributed by atoms with Gasteiger partial charge in [-0.25, -0.2) is 4.79 Å². The summed E-state index contributed by atoms with van der Waals surface area (Å²) in [6.07, 6.45) is 1.46. The summed E-state index contributed by atoms with van der Waals surface area (Å²) in [7, 11) is 2.71. The summed E-state index contributed by atoms with van der Waals surface area (Å²) >= 11 is 0. The molecule has 1 aromatic heterocycles. The van der Waals surface area contributed by atoms with E-state index in [0.29, 0.717) is 18.9 Å². The second kappa shape index (κ2) is 6.31. The Morgan fingerprint density at radius 3 is 2.35 bits per heavy atom. The number of rotatable bonds is 3. The minimum Gasteiger partial charge on any atom is -0.469 e. The van der Waals surface area contributed by atoms with Crippen LogP contribution in [0.5, 0.6) is 0 Å². The van der Waals surface area contributed by atoms with E-state index in [2.05, 4.69) is 14.9 Å². The molecule has 0 atom stereocenters. The normalized spacial score (nSPS) is 15.8. The summed E-state index contributed by atoms with van der Waals surface area (Å²) in [5, 5.41) is 7.86. The lowest BCUT2D eigenvalue weighted by molar-refractivity contribution is -0.146. The molecule has 1 aliphatic rings. The van der Waals surface area contributed by atoms with Gasteiger partial charge in [0.05, 0.1) is 20.1 Å². The minimum absolute atomic E-state index is 0.0430. The molecule has 0 amide bonds. The van der Waals surface area contributed by atoms with Gasteiger partial charge in [0.1, 0.15) is 0 Å². The molecule has 0 aliphatic carbocycles. The highest BCUT2D eigenvalue weighted by Crippen LogP contribution is 2.22. The van der Waals surface area contributed by atoms with Crippen LogP contribution in [0.1, 0.15) is 23.3 Å². The molecule has 0 spiro atoms. The van der Waals surface area contributed by atoms with Crippen LogP contribution in [0.3, 0.4) is 0 Å². The molecular formula is C13H17N3O4. The maximum absolute atomic E-state index is 11.4. The van der Waals surface area contributed by atoms with Crippen LogP contribution in [0, 0.1) is 5.92 Å². The van der Waals surface area contributed by atoms with Crippen molar-refractivity contribution in [2.45, 2.75) is 12.8 Å². The van der Waals surface area contributed by atoms with Gasteiger partial charge in [-0.2, -0.15) is 0 Å². The van der Waals surface area contributed by atoms with Crippen molar-refractivity contribution in [2.24, 2.45) is 5.92 Å². The average Bonchev–Trinajstić information content (AvgIpc) is 2.53. The van der Waals surface area contributed by atoms with Crippen molar-refractivity contribution in [1.82, 2.24) is 10.2 Å². The maximum Gasteiger partial charge on any atom is 0.358 e. The van der Waals surface area contributed by atoms with Crippen LogP contribution in [0.15, 0.2) is 12.1 Å². The fourth-order valence-electron chi connectivity index (χ4n) is 2.22. The van der Waals surface area contributed by atoms with Crippen molar-refractivity contribution in [1.29, 1.82) is 0 Å². The van der Waals surface area contributed by atoms with Gasteiger partial charge in [0.2, 0.25) is 0 Å². The lowest BCUT2D eigenvalue weighted by atomic mass is 9.97. The third-order valence-electron chi connectivity index (χ3n) is 3.40. The molecule has 1 fully saturated rings. The second-order valence-electron chi connectivity index (χ2n) is 4.55. The fraction of sp³-hybridized carbons (Fsp3) is 0.538. The number of anilines is 1. The Bertz CT molecular complexity index is 481. The van der Waals surface area contributed by atoms with E-state index in [1.807, 2.05) is 4.90 Å². The molecule has 0 N–H and O–H groups in total. The molecule has 0 unspecified atom stereocenters. The number of esters is 2. The number of carbonyl (C=O) groups excluding carboxylic acids is 2. The highest BCUT2D eigenvalue weighted by Gasteiger charge is 2.26. The van der Waals surface area contributed by atoms with Crippen molar-refractivity contribution in [3.8, 4) is 0 Å². The van der Waals surface area contributed by atoms with Crippen molar-refractivity contribution >= 4 is 17.8 Å². The van der Waals surface area contributed by atoms with Gasteiger partial charge in [-0.1, -0.05) is 0 Å². The molecule has 20 heavy (non-hydrogen) atoms. The van der Waals surface area contributed by atoms with Crippen LogP contribution < -0.4 is 4.90 Å². The molecule has 1 aromatic rings. The Labute approximate surface area is 116 Å². The summed E-state index contributed by atoms with van der Waals surface area (Å²) in [6.45, 7) is 1.43. The molecule has 0 radical (unpaired) electrons. The molecule has 1 saturated heterocycles. The summed E-state index contributed by atoms with van der Waals surface area (Å²) < 4.78 is 9.32. The molecule has 2 heterocycles. The van der Waals surface area contributed by atoms with Gasteiger partial charge < -0.3 is 14.4 Å². The first-order valence-corrected chi connectivity index (χ1v) is 6.40. The van der Waals surface area contributed by atoms with Gasteiger partial charge in [-0.3, -0.25) is 4.79 Å². The molecule has 0 bridgehead atoms. The number of methoxy groups -OCH3 is 2. The van der Waals surface area contributed by atoms with E-state index in [9.17, 15) is 9.59 Å². The van der Waals surface area contributed by atoms with Crippen molar-refractivity contribution in [3.63, 3.8) is 0 Å². The van der Waals surface area contributed by atoms with E-state index in [4.69, 9.17) is 4.74 Å². The zero-order valence-electron chi connectivity index (χ0n) is 11.5. The highest BCUT2D eigenvalue weighted by molar-refractivity contribution is 5.87. The van der Waals surface area contributed by atoms with Gasteiger partial charge in [-0.05, 0) is 25.0 Å². The summed E-state index contributed by atoms with van der Waals surface area (Å²) in [6, 6.07) is 3.32. The lowest BCUT2D eigenvalue weighted by Crippen LogP contribution is -2.37. The zero-order chi connectivity index (χ0) is 14.5. The number of piperidine rings is 1. The predicted molar refractivity (Wildman–Crippen MR) is 70.3 cm³/mol. The van der Waals surface area contributed by atoms with E-state index < -0.39 is 5.97 Å². The van der Waals surface area contributed by atoms with Gasteiger partial charge in [0.15, 0.2) is 11.5 Å². The molecule has 2 rings (SSSR count). The summed E-state index contributed by atoms with van der Waals surface area (Å²) in [5.74, 6) is -0.00950. The third kappa shape index (κ3) is 3.04. The first-order valence-electron chi connectivity index (χ1n) is 6.40. The zero-order valence-corrected chi connectivity index (χ0v) is 11.5. The Kier molecular flexibility index (Phi) is 4.49. The Morgan fingerprint density at radius 2 is 1.85 bits per heavy atom. The van der Waals surface area contributed by atoms with Crippen LogP contribution in [0.2, 0.25) is 0 Å². The van der Waals surface area contributed by atoms with Gasteiger partial charge in [-0.15, -0.1) is 10.2 Å². The van der Waals surface area contributed by atoms with Crippen molar-refractivity contribution < 1.29 is 19.1 Å². The lowest BCUT2D eigenvalue weighted by Gasteiger charge is -2.31. The third-order valence-corrected chi connectivity index (χ3v) is 3.40. The predicted octanol–water partition coefficient (Wildman–Crippen LogP) is 0.653. The Morgan fingerprint density at radius 1 is 1.15 bits per heavy atom. The van der Waals surface area contributed by atoms with Crippen LogP contribution >= 0.6 is 0 Å². The smallest absolute Gasteiger partial charge is 0.358 e. The molecule has 0 saturated carbocycles. The van der Waals surface area contributed by atoms with Gasteiger partial charge in [0.25, 0.3) is 0 Å². The summed E-state index contributed by atoms with van der Waals surface area (Å²) in [4.78, 5) is 24.7. The van der Waals surface area contributed by atoms with Gasteiger partial charge >= 0.3 is 11.9 Å². The topological polar surface area (TPSA) is 81.6 Å². The van der Waals surface area contributed by atoms with E-state index in [-0.39, 0.29) is 17.6 Å². The number of hydrogen-bond acceptors (Lipinski definition) is 7. The largest absolute Gasteiger partial charge is 0.469 e. The maximum atomic E-state index is 11.4. The molecule has 7 heteroatoms. The standard InChI is InChI=1S/C13H17N3O4/c1-19-12(17)9-5-7-16(8-6-9)11-4-3-10(14-15-11)13(18)20-2/h3-4,9H,5-8H2,1-2H3. The van der Waals surface area contributed by atoms with Crippen LogP contribution in [0.4, 0.5) is 5.82 Å². The van der Waals surface area contributed by atoms with E-state index in [1.165, 1.54) is 14.2 Å². The first-order chi connectivity index (χ1) is 9.65. The Balaban J connectivity index is 1.97. The Hall–Kier alpha value is -2.18. The molecular weight excluding hydrogens is 262 g/mol. The number of aromatic nitrogens is 2. The monoisotopic (exact) mass is 279 g/mol. The molecule has 108 valence electrons. The van der Waals surface area contributed by atoms with Crippen LogP contribution in [0.25, 0.3) is 0 Å². The number of nitrogens with zero attached hydrogens (tertiary/aromatic N) is 3. The molecule has 0 aromatic carbocycles. The van der Waals surface area contributed by atoms with E-state index in [1.54, 1.807) is 12.1 Å². The van der Waals surface area contributed by atoms with Gasteiger partial charge in [0, 0.05) is 13.1 Å². The molecule has 7 nitrogen and oxygen atoms in total. The molecule has 1 aliphatic heterocycles. The number of ether oxygens (including phenoxy) is 2. The van der Waals surface area contributed by atoms with Crippen LogP contribution in [-0.4, -0.2) is 49.4 Å². The highest BCUT2D eigenvalue weighted by atomic mass is 16.5.